The van der Waals surface area contributed by atoms with Crippen molar-refractivity contribution in [2.24, 2.45) is 0 Å². The molecular formula is C14H20O2. The summed E-state index contributed by atoms with van der Waals surface area (Å²) in [4.78, 5) is 0. The number of aliphatic hydroxyl groups excluding tert-OH is 1. The summed E-state index contributed by atoms with van der Waals surface area (Å²) in [6.07, 6.45) is 5.43. The second-order valence-electron chi connectivity index (χ2n) is 3.91. The maximum Gasteiger partial charge on any atom is 0.119 e. The molecule has 0 aliphatic heterocycles. The lowest BCUT2D eigenvalue weighted by atomic mass is 10.1. The van der Waals surface area contributed by atoms with Crippen LogP contribution in [-0.2, 0) is 6.42 Å². The highest BCUT2D eigenvalue weighted by Gasteiger charge is 1.98. The summed E-state index contributed by atoms with van der Waals surface area (Å²) < 4.78 is 5.49. The molecule has 0 radical (unpaired) electrons. The first kappa shape index (κ1) is 12.8. The Morgan fingerprint density at radius 2 is 2.00 bits per heavy atom. The van der Waals surface area contributed by atoms with E-state index in [4.69, 9.17) is 4.74 Å². The Kier molecular flexibility index (Phi) is 5.65. The van der Waals surface area contributed by atoms with Crippen LogP contribution in [0.1, 0.15) is 25.8 Å². The van der Waals surface area contributed by atoms with Crippen molar-refractivity contribution in [3.8, 4) is 5.75 Å². The van der Waals surface area contributed by atoms with Gasteiger partial charge in [-0.2, -0.15) is 0 Å². The molecule has 1 atom stereocenters. The first-order chi connectivity index (χ1) is 7.72. The fraction of sp³-hybridized carbons (Fsp3) is 0.429. The van der Waals surface area contributed by atoms with Crippen molar-refractivity contribution in [3.63, 3.8) is 0 Å². The third-order valence-corrected chi connectivity index (χ3v) is 2.36. The van der Waals surface area contributed by atoms with Crippen LogP contribution in [0, 0.1) is 0 Å². The third-order valence-electron chi connectivity index (χ3n) is 2.36. The molecule has 1 rings (SSSR count). The number of aryl methyl sites for hydroxylation is 1. The van der Waals surface area contributed by atoms with Crippen LogP contribution in [0.15, 0.2) is 36.4 Å². The van der Waals surface area contributed by atoms with Crippen molar-refractivity contribution in [3.05, 3.63) is 42.0 Å². The molecule has 0 saturated heterocycles. The molecule has 88 valence electrons. The Balaban J connectivity index is 2.41. The zero-order valence-corrected chi connectivity index (χ0v) is 10.0. The van der Waals surface area contributed by atoms with Gasteiger partial charge in [-0.05, 0) is 44.4 Å². The highest BCUT2D eigenvalue weighted by atomic mass is 16.5. The molecule has 0 aliphatic carbocycles. The molecule has 0 aromatic heterocycles. The van der Waals surface area contributed by atoms with Crippen LogP contribution >= 0.6 is 0 Å². The monoisotopic (exact) mass is 220 g/mol. The quantitative estimate of drug-likeness (QED) is 0.747. The van der Waals surface area contributed by atoms with Crippen LogP contribution in [0.3, 0.4) is 0 Å². The molecule has 0 saturated carbocycles. The van der Waals surface area contributed by atoms with Crippen molar-refractivity contribution < 1.29 is 9.84 Å². The van der Waals surface area contributed by atoms with E-state index in [2.05, 4.69) is 0 Å². The van der Waals surface area contributed by atoms with Crippen LogP contribution in [0.4, 0.5) is 0 Å². The maximum atomic E-state index is 9.18. The molecule has 0 heterocycles. The predicted molar refractivity (Wildman–Crippen MR) is 66.8 cm³/mol. The van der Waals surface area contributed by atoms with Gasteiger partial charge in [0.1, 0.15) is 12.4 Å². The van der Waals surface area contributed by atoms with Gasteiger partial charge in [-0.25, -0.2) is 0 Å². The van der Waals surface area contributed by atoms with Gasteiger partial charge in [-0.15, -0.1) is 0 Å². The summed E-state index contributed by atoms with van der Waals surface area (Å²) in [6, 6.07) is 8.04. The van der Waals surface area contributed by atoms with Crippen molar-refractivity contribution >= 4 is 0 Å². The van der Waals surface area contributed by atoms with Crippen molar-refractivity contribution in [1.29, 1.82) is 0 Å². The van der Waals surface area contributed by atoms with Gasteiger partial charge in [-0.1, -0.05) is 24.3 Å². The van der Waals surface area contributed by atoms with Crippen LogP contribution in [-0.4, -0.2) is 17.8 Å². The van der Waals surface area contributed by atoms with Crippen LogP contribution < -0.4 is 4.74 Å². The highest BCUT2D eigenvalue weighted by Crippen LogP contribution is 2.13. The van der Waals surface area contributed by atoms with E-state index in [0.29, 0.717) is 6.61 Å². The zero-order valence-electron chi connectivity index (χ0n) is 10.0. The molecule has 0 spiro atoms. The minimum atomic E-state index is -0.231. The van der Waals surface area contributed by atoms with Crippen molar-refractivity contribution in [2.45, 2.75) is 32.8 Å². The van der Waals surface area contributed by atoms with E-state index in [1.165, 1.54) is 5.56 Å². The number of benzene rings is 1. The molecule has 16 heavy (non-hydrogen) atoms. The average Bonchev–Trinajstić information content (AvgIpc) is 2.28. The fourth-order valence-corrected chi connectivity index (χ4v) is 1.37. The smallest absolute Gasteiger partial charge is 0.119 e. The largest absolute Gasteiger partial charge is 0.490 e. The first-order valence-electron chi connectivity index (χ1n) is 5.73. The standard InChI is InChI=1S/C14H20O2/c1-3-4-11-16-14-9-7-13(8-10-14)6-5-12(2)15/h3-4,7-10,12,15H,5-6,11H2,1-2H3/b4-3+. The predicted octanol–water partition coefficient (Wildman–Crippen LogP) is 2.95. The maximum absolute atomic E-state index is 9.18. The van der Waals surface area contributed by atoms with Crippen LogP contribution in [0.5, 0.6) is 5.75 Å². The van der Waals surface area contributed by atoms with Crippen molar-refractivity contribution in [1.82, 2.24) is 0 Å². The molecule has 0 amide bonds. The van der Waals surface area contributed by atoms with E-state index < -0.39 is 0 Å². The van der Waals surface area contributed by atoms with Gasteiger partial charge < -0.3 is 9.84 Å². The normalized spacial score (nSPS) is 12.9. The van der Waals surface area contributed by atoms with E-state index in [9.17, 15) is 5.11 Å². The number of ether oxygens (including phenoxy) is 1. The van der Waals surface area contributed by atoms with Crippen LogP contribution in [0.2, 0.25) is 0 Å². The summed E-state index contributed by atoms with van der Waals surface area (Å²) >= 11 is 0. The summed E-state index contributed by atoms with van der Waals surface area (Å²) in [5.74, 6) is 0.888. The van der Waals surface area contributed by atoms with E-state index >= 15 is 0 Å². The van der Waals surface area contributed by atoms with E-state index in [1.807, 2.05) is 50.3 Å². The summed E-state index contributed by atoms with van der Waals surface area (Å²) in [5.41, 5.74) is 1.24. The lowest BCUT2D eigenvalue weighted by Crippen LogP contribution is -2.01. The molecule has 0 bridgehead atoms. The SMILES string of the molecule is C/C=C/COc1ccc(CCC(C)O)cc1. The first-order valence-corrected chi connectivity index (χ1v) is 5.73. The second kappa shape index (κ2) is 7.07. The Hall–Kier alpha value is -1.28. The summed E-state index contributed by atoms with van der Waals surface area (Å²) in [6.45, 7) is 4.40. The minimum absolute atomic E-state index is 0.231. The van der Waals surface area contributed by atoms with Gasteiger partial charge in [0, 0.05) is 0 Å². The number of rotatable bonds is 6. The van der Waals surface area contributed by atoms with Gasteiger partial charge in [0.05, 0.1) is 6.10 Å². The Morgan fingerprint density at radius 1 is 1.31 bits per heavy atom. The van der Waals surface area contributed by atoms with Gasteiger partial charge in [0.15, 0.2) is 0 Å². The highest BCUT2D eigenvalue weighted by molar-refractivity contribution is 5.27. The second-order valence-corrected chi connectivity index (χ2v) is 3.91. The Bertz CT molecular complexity index is 312. The summed E-state index contributed by atoms with van der Waals surface area (Å²) in [5, 5.41) is 9.18. The molecule has 2 nitrogen and oxygen atoms in total. The van der Waals surface area contributed by atoms with E-state index in [0.717, 1.165) is 18.6 Å². The molecular weight excluding hydrogens is 200 g/mol. The topological polar surface area (TPSA) is 29.5 Å². The van der Waals surface area contributed by atoms with Gasteiger partial charge in [-0.3, -0.25) is 0 Å². The van der Waals surface area contributed by atoms with Gasteiger partial charge >= 0.3 is 0 Å². The molecule has 1 unspecified atom stereocenters. The third kappa shape index (κ3) is 4.99. The van der Waals surface area contributed by atoms with E-state index in [1.54, 1.807) is 0 Å². The van der Waals surface area contributed by atoms with Crippen molar-refractivity contribution in [2.75, 3.05) is 6.61 Å². The minimum Gasteiger partial charge on any atom is -0.490 e. The van der Waals surface area contributed by atoms with Gasteiger partial charge in [0.25, 0.3) is 0 Å². The number of hydrogen-bond donors (Lipinski definition) is 1. The Labute approximate surface area is 97.6 Å². The molecule has 1 aromatic rings. The number of allylic oxidation sites excluding steroid dienone is 1. The molecule has 2 heteroatoms. The average molecular weight is 220 g/mol. The summed E-state index contributed by atoms with van der Waals surface area (Å²) in [7, 11) is 0. The lowest BCUT2D eigenvalue weighted by Gasteiger charge is -2.06. The number of aliphatic hydroxyl groups is 1. The molecule has 1 aromatic carbocycles. The Morgan fingerprint density at radius 3 is 2.56 bits per heavy atom. The molecule has 1 N–H and O–H groups in total. The molecule has 0 aliphatic rings. The lowest BCUT2D eigenvalue weighted by molar-refractivity contribution is 0.185. The zero-order chi connectivity index (χ0) is 11.8. The van der Waals surface area contributed by atoms with Gasteiger partial charge in [0.2, 0.25) is 0 Å². The number of hydrogen-bond acceptors (Lipinski definition) is 2. The molecule has 0 fully saturated rings. The van der Waals surface area contributed by atoms with Crippen LogP contribution in [0.25, 0.3) is 0 Å². The van der Waals surface area contributed by atoms with E-state index in [-0.39, 0.29) is 6.10 Å². The fourth-order valence-electron chi connectivity index (χ4n) is 1.37.